The van der Waals surface area contributed by atoms with E-state index in [-0.39, 0.29) is 29.8 Å². The summed E-state index contributed by atoms with van der Waals surface area (Å²) in [5.41, 5.74) is 1.28. The molecule has 2 atom stereocenters. The molecule has 0 unspecified atom stereocenters. The molecule has 0 bridgehead atoms. The Kier molecular flexibility index (Phi) is 5.47. The Labute approximate surface area is 178 Å². The molecule has 1 aromatic carbocycles. The number of fused-ring (bicyclic) bond motifs is 2. The summed E-state index contributed by atoms with van der Waals surface area (Å²) in [6.07, 6.45) is 3.77. The first-order valence-corrected chi connectivity index (χ1v) is 11.1. The first-order valence-electron chi connectivity index (χ1n) is 11.1. The van der Waals surface area contributed by atoms with Crippen molar-refractivity contribution >= 4 is 23.5 Å². The molecule has 4 amide bonds. The van der Waals surface area contributed by atoms with Crippen molar-refractivity contribution in [3.8, 4) is 0 Å². The van der Waals surface area contributed by atoms with Crippen LogP contribution >= 0.6 is 0 Å². The van der Waals surface area contributed by atoms with Gasteiger partial charge in [-0.1, -0.05) is 31.5 Å². The van der Waals surface area contributed by atoms with E-state index in [2.05, 4.69) is 12.2 Å². The van der Waals surface area contributed by atoms with E-state index < -0.39 is 5.41 Å². The average Bonchev–Trinajstić information content (AvgIpc) is 3.26. The summed E-state index contributed by atoms with van der Waals surface area (Å²) < 4.78 is 0. The van der Waals surface area contributed by atoms with Crippen LogP contribution in [0.3, 0.4) is 0 Å². The molecule has 30 heavy (non-hydrogen) atoms. The van der Waals surface area contributed by atoms with Gasteiger partial charge < -0.3 is 20.0 Å². The van der Waals surface area contributed by atoms with E-state index in [4.69, 9.17) is 0 Å². The summed E-state index contributed by atoms with van der Waals surface area (Å²) in [6, 6.07) is 7.80. The third kappa shape index (κ3) is 3.15. The van der Waals surface area contributed by atoms with Crippen LogP contribution in [-0.4, -0.2) is 72.3 Å². The van der Waals surface area contributed by atoms with Gasteiger partial charge in [-0.05, 0) is 37.3 Å². The minimum Gasteiger partial charge on any atom is -0.338 e. The fourth-order valence-electron chi connectivity index (χ4n) is 5.58. The third-order valence-electron chi connectivity index (χ3n) is 7.10. The molecule has 2 saturated heterocycles. The summed E-state index contributed by atoms with van der Waals surface area (Å²) in [6.45, 7) is 3.93. The highest BCUT2D eigenvalue weighted by Crippen LogP contribution is 2.49. The van der Waals surface area contributed by atoms with Crippen molar-refractivity contribution < 1.29 is 14.4 Å². The van der Waals surface area contributed by atoms with E-state index >= 15 is 0 Å². The number of hydrogen-bond acceptors (Lipinski definition) is 3. The van der Waals surface area contributed by atoms with Gasteiger partial charge in [0.25, 0.3) is 0 Å². The second kappa shape index (κ2) is 7.93. The summed E-state index contributed by atoms with van der Waals surface area (Å²) in [5, 5.41) is 3.06. The number of benzene rings is 1. The van der Waals surface area contributed by atoms with Gasteiger partial charge in [0.2, 0.25) is 11.8 Å². The van der Waals surface area contributed by atoms with Crippen LogP contribution < -0.4 is 5.32 Å². The van der Waals surface area contributed by atoms with Crippen molar-refractivity contribution in [3.05, 3.63) is 29.8 Å². The number of rotatable bonds is 3. The van der Waals surface area contributed by atoms with E-state index in [1.54, 1.807) is 19.0 Å². The van der Waals surface area contributed by atoms with Crippen LogP contribution in [0, 0.1) is 5.92 Å². The van der Waals surface area contributed by atoms with Gasteiger partial charge in [-0.2, -0.15) is 0 Å². The van der Waals surface area contributed by atoms with Crippen LogP contribution in [0.5, 0.6) is 0 Å². The maximum atomic E-state index is 13.5. The minimum absolute atomic E-state index is 0.00381. The zero-order chi connectivity index (χ0) is 21.5. The Morgan fingerprint density at radius 3 is 2.53 bits per heavy atom. The minimum atomic E-state index is -0.635. The number of piperidine rings is 1. The standard InChI is InChI=1S/C23H32N4O3/c1-4-7-19-23(17-8-5-6-9-18(17)24-21(23)29)12-15-27(19)20(28)16-10-13-26(14-11-16)22(30)25(2)3/h5-6,8-9,16,19H,4,7,10-15H2,1-3H3,(H,24,29)/t19-,23+/m0/s1. The SMILES string of the molecule is CCC[C@@H]1N(C(=O)C2CCN(C(=O)N(C)C)CC2)CC[C@]12C(=O)Nc1ccccc12. The van der Waals surface area contributed by atoms with Crippen molar-refractivity contribution in [1.82, 2.24) is 14.7 Å². The molecule has 0 radical (unpaired) electrons. The van der Waals surface area contributed by atoms with Crippen molar-refractivity contribution in [2.45, 2.75) is 50.5 Å². The van der Waals surface area contributed by atoms with E-state index in [9.17, 15) is 14.4 Å². The molecule has 1 spiro atoms. The molecule has 3 aliphatic rings. The van der Waals surface area contributed by atoms with Crippen LogP contribution in [0.25, 0.3) is 0 Å². The smallest absolute Gasteiger partial charge is 0.319 e. The van der Waals surface area contributed by atoms with E-state index in [0.29, 0.717) is 38.9 Å². The highest BCUT2D eigenvalue weighted by atomic mass is 16.2. The number of hydrogen-bond donors (Lipinski definition) is 1. The highest BCUT2D eigenvalue weighted by Gasteiger charge is 2.58. The monoisotopic (exact) mass is 412 g/mol. The van der Waals surface area contributed by atoms with Crippen LogP contribution in [0.4, 0.5) is 10.5 Å². The first kappa shape index (κ1) is 20.7. The van der Waals surface area contributed by atoms with Gasteiger partial charge >= 0.3 is 6.03 Å². The molecule has 1 N–H and O–H groups in total. The fraction of sp³-hybridized carbons (Fsp3) is 0.609. The summed E-state index contributed by atoms with van der Waals surface area (Å²) >= 11 is 0. The lowest BCUT2D eigenvalue weighted by Gasteiger charge is -2.38. The Bertz CT molecular complexity index is 847. The number of urea groups is 1. The molecule has 4 rings (SSSR count). The lowest BCUT2D eigenvalue weighted by atomic mass is 9.73. The fourth-order valence-corrected chi connectivity index (χ4v) is 5.58. The van der Waals surface area contributed by atoms with Gasteiger partial charge in [0, 0.05) is 45.3 Å². The Morgan fingerprint density at radius 1 is 1.17 bits per heavy atom. The number of carbonyl (C=O) groups is 3. The average molecular weight is 413 g/mol. The summed E-state index contributed by atoms with van der Waals surface area (Å²) in [4.78, 5) is 44.3. The van der Waals surface area contributed by atoms with E-state index in [0.717, 1.165) is 24.1 Å². The summed E-state index contributed by atoms with van der Waals surface area (Å²) in [5.74, 6) is 0.105. The van der Waals surface area contributed by atoms with Gasteiger partial charge in [-0.25, -0.2) is 4.79 Å². The van der Waals surface area contributed by atoms with Gasteiger partial charge in [0.05, 0.1) is 11.5 Å². The van der Waals surface area contributed by atoms with Crippen LogP contribution in [0.2, 0.25) is 0 Å². The predicted octanol–water partition coefficient (Wildman–Crippen LogP) is 2.67. The number of nitrogens with zero attached hydrogens (tertiary/aromatic N) is 3. The second-order valence-electron chi connectivity index (χ2n) is 9.00. The molecular weight excluding hydrogens is 380 g/mol. The maximum Gasteiger partial charge on any atom is 0.319 e. The molecule has 1 aromatic rings. The number of carbonyl (C=O) groups excluding carboxylic acids is 3. The maximum absolute atomic E-state index is 13.5. The molecule has 0 aromatic heterocycles. The largest absolute Gasteiger partial charge is 0.338 e. The Balaban J connectivity index is 1.54. The van der Waals surface area contributed by atoms with E-state index in [1.165, 1.54) is 0 Å². The summed E-state index contributed by atoms with van der Waals surface area (Å²) in [7, 11) is 3.51. The number of amides is 4. The van der Waals surface area contributed by atoms with Crippen molar-refractivity contribution in [1.29, 1.82) is 0 Å². The van der Waals surface area contributed by atoms with E-state index in [1.807, 2.05) is 34.1 Å². The molecule has 7 nitrogen and oxygen atoms in total. The van der Waals surface area contributed by atoms with Crippen molar-refractivity contribution in [3.63, 3.8) is 0 Å². The predicted molar refractivity (Wildman–Crippen MR) is 115 cm³/mol. The lowest BCUT2D eigenvalue weighted by Crippen LogP contribution is -2.52. The topological polar surface area (TPSA) is 73.0 Å². The molecule has 0 saturated carbocycles. The number of para-hydroxylation sites is 1. The molecule has 3 aliphatic heterocycles. The molecule has 7 heteroatoms. The zero-order valence-corrected chi connectivity index (χ0v) is 18.2. The zero-order valence-electron chi connectivity index (χ0n) is 18.2. The Morgan fingerprint density at radius 2 is 1.87 bits per heavy atom. The van der Waals surface area contributed by atoms with Gasteiger partial charge in [0.15, 0.2) is 0 Å². The molecule has 0 aliphatic carbocycles. The van der Waals surface area contributed by atoms with Crippen molar-refractivity contribution in [2.75, 3.05) is 39.0 Å². The number of nitrogens with one attached hydrogen (secondary N) is 1. The first-order chi connectivity index (χ1) is 14.4. The lowest BCUT2D eigenvalue weighted by molar-refractivity contribution is -0.139. The molecule has 3 heterocycles. The van der Waals surface area contributed by atoms with Crippen LogP contribution in [-0.2, 0) is 15.0 Å². The highest BCUT2D eigenvalue weighted by molar-refractivity contribution is 6.07. The normalized spacial score (nSPS) is 26.1. The van der Waals surface area contributed by atoms with Gasteiger partial charge in [-0.15, -0.1) is 0 Å². The number of anilines is 1. The Hall–Kier alpha value is -2.57. The second-order valence-corrected chi connectivity index (χ2v) is 9.00. The quantitative estimate of drug-likeness (QED) is 0.830. The molecule has 162 valence electrons. The van der Waals surface area contributed by atoms with Crippen LogP contribution in [0.1, 0.15) is 44.6 Å². The van der Waals surface area contributed by atoms with Crippen LogP contribution in [0.15, 0.2) is 24.3 Å². The van der Waals surface area contributed by atoms with Crippen molar-refractivity contribution in [2.24, 2.45) is 5.92 Å². The molecular formula is C23H32N4O3. The van der Waals surface area contributed by atoms with Gasteiger partial charge in [0.1, 0.15) is 0 Å². The molecule has 2 fully saturated rings. The third-order valence-corrected chi connectivity index (χ3v) is 7.10. The van der Waals surface area contributed by atoms with Gasteiger partial charge in [-0.3, -0.25) is 9.59 Å². The number of likely N-dealkylation sites (tertiary alicyclic amines) is 2.